The maximum absolute atomic E-state index is 9.60. The van der Waals surface area contributed by atoms with Crippen LogP contribution in [0.25, 0.3) is 0 Å². The van der Waals surface area contributed by atoms with Crippen LogP contribution in [0.1, 0.15) is 32.4 Å². The highest BCUT2D eigenvalue weighted by Gasteiger charge is 2.20. The summed E-state index contributed by atoms with van der Waals surface area (Å²) in [6, 6.07) is 6.77. The van der Waals surface area contributed by atoms with Gasteiger partial charge in [-0.15, -0.1) is 0 Å². The fraction of sp³-hybridized carbons (Fsp3) is 0.600. The number of hydrogen-bond acceptors (Lipinski definition) is 3. The molecule has 4 heteroatoms. The van der Waals surface area contributed by atoms with E-state index in [4.69, 9.17) is 0 Å². The van der Waals surface area contributed by atoms with Crippen molar-refractivity contribution in [3.05, 3.63) is 28.2 Å². The molecule has 2 rings (SSSR count). The highest BCUT2D eigenvalue weighted by atomic mass is 79.9. The van der Waals surface area contributed by atoms with E-state index in [1.165, 1.54) is 5.69 Å². The van der Waals surface area contributed by atoms with Gasteiger partial charge in [-0.3, -0.25) is 4.90 Å². The molecule has 106 valence electrons. The molecular formula is C15H23BrN2O. The average molecular weight is 327 g/mol. The zero-order valence-corrected chi connectivity index (χ0v) is 13.5. The van der Waals surface area contributed by atoms with Crippen LogP contribution in [0.5, 0.6) is 0 Å². The van der Waals surface area contributed by atoms with Gasteiger partial charge in [-0.25, -0.2) is 0 Å². The normalized spacial score (nSPS) is 18.9. The van der Waals surface area contributed by atoms with Crippen LogP contribution in [0, 0.1) is 0 Å². The van der Waals surface area contributed by atoms with E-state index in [9.17, 15) is 5.11 Å². The topological polar surface area (TPSA) is 26.7 Å². The van der Waals surface area contributed by atoms with E-state index in [0.717, 1.165) is 36.2 Å². The molecule has 0 amide bonds. The van der Waals surface area contributed by atoms with Gasteiger partial charge in [0.05, 0.1) is 11.8 Å². The Bertz CT molecular complexity index is 426. The molecule has 1 N–H and O–H groups in total. The van der Waals surface area contributed by atoms with Crippen LogP contribution in [0.2, 0.25) is 0 Å². The molecule has 0 radical (unpaired) electrons. The van der Waals surface area contributed by atoms with Crippen LogP contribution in [0.15, 0.2) is 22.7 Å². The molecule has 1 saturated heterocycles. The summed E-state index contributed by atoms with van der Waals surface area (Å²) in [5.74, 6) is 0. The molecule has 0 unspecified atom stereocenters. The van der Waals surface area contributed by atoms with E-state index in [1.54, 1.807) is 6.92 Å². The van der Waals surface area contributed by atoms with Gasteiger partial charge in [0.2, 0.25) is 0 Å². The first kappa shape index (κ1) is 14.8. The first-order valence-corrected chi connectivity index (χ1v) is 7.75. The van der Waals surface area contributed by atoms with Crippen molar-refractivity contribution < 1.29 is 5.11 Å². The van der Waals surface area contributed by atoms with Crippen molar-refractivity contribution in [2.75, 3.05) is 31.1 Å². The zero-order valence-electron chi connectivity index (χ0n) is 11.9. The fourth-order valence-corrected chi connectivity index (χ4v) is 3.17. The summed E-state index contributed by atoms with van der Waals surface area (Å²) >= 11 is 3.63. The molecule has 0 spiro atoms. The number of benzene rings is 1. The number of aliphatic hydroxyl groups is 1. The first-order chi connectivity index (χ1) is 8.99. The van der Waals surface area contributed by atoms with E-state index < -0.39 is 6.10 Å². The van der Waals surface area contributed by atoms with E-state index in [1.807, 2.05) is 12.1 Å². The number of nitrogens with zero attached hydrogens (tertiary/aromatic N) is 2. The van der Waals surface area contributed by atoms with Crippen LogP contribution in [-0.2, 0) is 0 Å². The molecule has 1 aliphatic heterocycles. The van der Waals surface area contributed by atoms with Crippen LogP contribution >= 0.6 is 15.9 Å². The van der Waals surface area contributed by atoms with Crippen LogP contribution in [0.4, 0.5) is 5.69 Å². The summed E-state index contributed by atoms with van der Waals surface area (Å²) in [5.41, 5.74) is 2.18. The van der Waals surface area contributed by atoms with Crippen LogP contribution < -0.4 is 4.90 Å². The lowest BCUT2D eigenvalue weighted by atomic mass is 10.1. The molecule has 1 aliphatic rings. The summed E-state index contributed by atoms with van der Waals surface area (Å²) in [4.78, 5) is 4.92. The van der Waals surface area contributed by atoms with Gasteiger partial charge in [-0.1, -0.05) is 6.07 Å². The minimum Gasteiger partial charge on any atom is -0.389 e. The third-order valence-corrected chi connectivity index (χ3v) is 4.47. The minimum atomic E-state index is -0.414. The third kappa shape index (κ3) is 3.50. The maximum Gasteiger partial charge on any atom is 0.0762 e. The SMILES string of the molecule is CC(C)N1CCN(c2ccc([C@H](C)O)cc2Br)CC1. The molecule has 19 heavy (non-hydrogen) atoms. The zero-order chi connectivity index (χ0) is 14.0. The third-order valence-electron chi connectivity index (χ3n) is 3.84. The lowest BCUT2D eigenvalue weighted by Crippen LogP contribution is -2.49. The lowest BCUT2D eigenvalue weighted by molar-refractivity contribution is 0.199. The maximum atomic E-state index is 9.60. The van der Waals surface area contributed by atoms with Crippen LogP contribution in [0.3, 0.4) is 0 Å². The Morgan fingerprint density at radius 2 is 1.74 bits per heavy atom. The highest BCUT2D eigenvalue weighted by molar-refractivity contribution is 9.10. The molecular weight excluding hydrogens is 304 g/mol. The van der Waals surface area contributed by atoms with Gasteiger partial charge in [0.25, 0.3) is 0 Å². The summed E-state index contributed by atoms with van der Waals surface area (Å²) < 4.78 is 1.07. The van der Waals surface area contributed by atoms with Gasteiger partial charge in [0.1, 0.15) is 0 Å². The quantitative estimate of drug-likeness (QED) is 0.924. The predicted molar refractivity (Wildman–Crippen MR) is 83.7 cm³/mol. The number of halogens is 1. The Kier molecular flexibility index (Phi) is 4.87. The molecule has 1 heterocycles. The molecule has 1 aromatic carbocycles. The standard InChI is InChI=1S/C15H23BrN2O/c1-11(2)17-6-8-18(9-7-17)15-5-4-13(12(3)19)10-14(15)16/h4-5,10-12,19H,6-9H2,1-3H3/t12-/m0/s1. The van der Waals surface area contributed by atoms with Crippen molar-refractivity contribution in [2.45, 2.75) is 32.9 Å². The minimum absolute atomic E-state index is 0.414. The van der Waals surface area contributed by atoms with Gasteiger partial charge in [0.15, 0.2) is 0 Å². The number of rotatable bonds is 3. The van der Waals surface area contributed by atoms with Gasteiger partial charge in [-0.2, -0.15) is 0 Å². The molecule has 0 aliphatic carbocycles. The van der Waals surface area contributed by atoms with Crippen molar-refractivity contribution in [3.63, 3.8) is 0 Å². The van der Waals surface area contributed by atoms with E-state index in [2.05, 4.69) is 45.6 Å². The summed E-state index contributed by atoms with van der Waals surface area (Å²) in [6.07, 6.45) is -0.414. The van der Waals surface area contributed by atoms with E-state index in [-0.39, 0.29) is 0 Å². The number of anilines is 1. The second-order valence-electron chi connectivity index (χ2n) is 5.50. The molecule has 1 fully saturated rings. The Morgan fingerprint density at radius 3 is 2.21 bits per heavy atom. The second-order valence-corrected chi connectivity index (χ2v) is 6.36. The second kappa shape index (κ2) is 6.25. The average Bonchev–Trinajstić information content (AvgIpc) is 2.38. The van der Waals surface area contributed by atoms with Crippen molar-refractivity contribution >= 4 is 21.6 Å². The molecule has 0 saturated carbocycles. The van der Waals surface area contributed by atoms with Crippen molar-refractivity contribution in [2.24, 2.45) is 0 Å². The molecule has 0 aromatic heterocycles. The van der Waals surface area contributed by atoms with Crippen LogP contribution in [-0.4, -0.2) is 42.2 Å². The van der Waals surface area contributed by atoms with E-state index >= 15 is 0 Å². The van der Waals surface area contributed by atoms with Crippen molar-refractivity contribution in [3.8, 4) is 0 Å². The highest BCUT2D eigenvalue weighted by Crippen LogP contribution is 2.30. The Balaban J connectivity index is 2.07. The van der Waals surface area contributed by atoms with E-state index in [0.29, 0.717) is 6.04 Å². The van der Waals surface area contributed by atoms with Gasteiger partial charge in [-0.05, 0) is 54.4 Å². The molecule has 1 aromatic rings. The van der Waals surface area contributed by atoms with Crippen molar-refractivity contribution in [1.29, 1.82) is 0 Å². The van der Waals surface area contributed by atoms with Gasteiger partial charge < -0.3 is 10.0 Å². The molecule has 3 nitrogen and oxygen atoms in total. The number of aliphatic hydroxyl groups excluding tert-OH is 1. The summed E-state index contributed by atoms with van der Waals surface area (Å²) in [6.45, 7) is 10.6. The molecule has 0 bridgehead atoms. The summed E-state index contributed by atoms with van der Waals surface area (Å²) in [7, 11) is 0. The van der Waals surface area contributed by atoms with Crippen molar-refractivity contribution in [1.82, 2.24) is 4.90 Å². The molecule has 1 atom stereocenters. The summed E-state index contributed by atoms with van der Waals surface area (Å²) in [5, 5.41) is 9.60. The lowest BCUT2D eigenvalue weighted by Gasteiger charge is -2.38. The Morgan fingerprint density at radius 1 is 1.11 bits per heavy atom. The number of piperazine rings is 1. The van der Waals surface area contributed by atoms with Gasteiger partial charge in [0, 0.05) is 36.7 Å². The smallest absolute Gasteiger partial charge is 0.0762 e. The number of hydrogen-bond donors (Lipinski definition) is 1. The Hall–Kier alpha value is -0.580. The Labute approximate surface area is 124 Å². The monoisotopic (exact) mass is 326 g/mol. The predicted octanol–water partition coefficient (Wildman–Crippen LogP) is 3.03. The first-order valence-electron chi connectivity index (χ1n) is 6.95. The van der Waals surface area contributed by atoms with Gasteiger partial charge >= 0.3 is 0 Å². The largest absolute Gasteiger partial charge is 0.389 e. The fourth-order valence-electron chi connectivity index (χ4n) is 2.52.